The fourth-order valence-electron chi connectivity index (χ4n) is 2.89. The number of anilines is 1. The minimum absolute atomic E-state index is 0.0444. The summed E-state index contributed by atoms with van der Waals surface area (Å²) in [5.41, 5.74) is 1.71. The van der Waals surface area contributed by atoms with Crippen molar-refractivity contribution in [3.05, 3.63) is 58.7 Å². The number of nitrogens with zero attached hydrogens (tertiary/aromatic N) is 1. The molecular formula is C21H21ClN2O4. The third-order valence-electron chi connectivity index (χ3n) is 4.22. The Kier molecular flexibility index (Phi) is 5.61. The summed E-state index contributed by atoms with van der Waals surface area (Å²) in [6, 6.07) is 12.1. The first kappa shape index (κ1) is 19.8. The van der Waals surface area contributed by atoms with Gasteiger partial charge in [0.2, 0.25) is 0 Å². The molecule has 0 saturated carbocycles. The number of amides is 2. The number of benzene rings is 2. The zero-order chi connectivity index (χ0) is 20.4. The highest BCUT2D eigenvalue weighted by Crippen LogP contribution is 2.33. The van der Waals surface area contributed by atoms with E-state index in [4.69, 9.17) is 21.1 Å². The van der Waals surface area contributed by atoms with Gasteiger partial charge in [-0.2, -0.15) is 0 Å². The molecule has 0 fully saturated rings. The minimum Gasteiger partial charge on any atom is -0.495 e. The molecule has 0 saturated heterocycles. The smallest absolute Gasteiger partial charge is 0.277 e. The fourth-order valence-corrected chi connectivity index (χ4v) is 3.14. The standard InChI is InChI=1S/C21H21ClN2O4/c1-12(2)28-15-8-5-13(6-9-15)18-19(21(26)24(3)20(18)25)23-14-7-10-17(27-4)16(22)11-14/h5-12,23H,1-4H3. The Bertz CT molecular complexity index is 951. The third kappa shape index (κ3) is 3.82. The van der Waals surface area contributed by atoms with Gasteiger partial charge in [0, 0.05) is 12.7 Å². The van der Waals surface area contributed by atoms with E-state index in [2.05, 4.69) is 5.32 Å². The number of likely N-dealkylation sites (N-methyl/N-ethyl adjacent to an activating group) is 1. The summed E-state index contributed by atoms with van der Waals surface area (Å²) in [5, 5.41) is 3.43. The highest BCUT2D eigenvalue weighted by molar-refractivity contribution is 6.36. The quantitative estimate of drug-likeness (QED) is 0.743. The molecule has 0 atom stereocenters. The Hall–Kier alpha value is -2.99. The van der Waals surface area contributed by atoms with Crippen LogP contribution in [0.15, 0.2) is 48.2 Å². The number of rotatable bonds is 6. The minimum atomic E-state index is -0.408. The van der Waals surface area contributed by atoms with Crippen molar-refractivity contribution in [2.45, 2.75) is 20.0 Å². The lowest BCUT2D eigenvalue weighted by atomic mass is 10.0. The molecule has 1 aliphatic rings. The Morgan fingerprint density at radius 2 is 1.71 bits per heavy atom. The molecule has 1 heterocycles. The van der Waals surface area contributed by atoms with Gasteiger partial charge in [-0.3, -0.25) is 14.5 Å². The Labute approximate surface area is 168 Å². The molecule has 2 aromatic rings. The van der Waals surface area contributed by atoms with Crippen LogP contribution in [-0.4, -0.2) is 37.0 Å². The highest BCUT2D eigenvalue weighted by atomic mass is 35.5. The SMILES string of the molecule is COc1ccc(NC2=C(c3ccc(OC(C)C)cc3)C(=O)N(C)C2=O)cc1Cl. The van der Waals surface area contributed by atoms with Crippen LogP contribution in [0.3, 0.4) is 0 Å². The van der Waals surface area contributed by atoms with Crippen LogP contribution in [0.1, 0.15) is 19.4 Å². The maximum atomic E-state index is 12.7. The van der Waals surface area contributed by atoms with Gasteiger partial charge in [-0.25, -0.2) is 0 Å². The van der Waals surface area contributed by atoms with Crippen molar-refractivity contribution in [1.82, 2.24) is 4.90 Å². The van der Waals surface area contributed by atoms with Crippen LogP contribution in [-0.2, 0) is 9.59 Å². The predicted molar refractivity (Wildman–Crippen MR) is 109 cm³/mol. The van der Waals surface area contributed by atoms with Gasteiger partial charge >= 0.3 is 0 Å². The van der Waals surface area contributed by atoms with Gasteiger partial charge in [0.1, 0.15) is 17.2 Å². The van der Waals surface area contributed by atoms with E-state index < -0.39 is 5.91 Å². The Morgan fingerprint density at radius 1 is 1.04 bits per heavy atom. The second kappa shape index (κ2) is 7.94. The molecule has 0 aliphatic carbocycles. The van der Waals surface area contributed by atoms with Crippen molar-refractivity contribution in [2.75, 3.05) is 19.5 Å². The van der Waals surface area contributed by atoms with Gasteiger partial charge in [-0.15, -0.1) is 0 Å². The lowest BCUT2D eigenvalue weighted by Crippen LogP contribution is -2.27. The number of hydrogen-bond donors (Lipinski definition) is 1. The van der Waals surface area contributed by atoms with E-state index in [0.29, 0.717) is 33.3 Å². The molecule has 28 heavy (non-hydrogen) atoms. The molecule has 3 rings (SSSR count). The molecule has 2 aromatic carbocycles. The molecule has 0 spiro atoms. The summed E-state index contributed by atoms with van der Waals surface area (Å²) < 4.78 is 10.8. The number of carbonyl (C=O) groups is 2. The van der Waals surface area contributed by atoms with E-state index in [1.54, 1.807) is 42.5 Å². The molecule has 0 unspecified atom stereocenters. The fraction of sp³-hybridized carbons (Fsp3) is 0.238. The molecule has 0 radical (unpaired) electrons. The second-order valence-corrected chi connectivity index (χ2v) is 6.99. The van der Waals surface area contributed by atoms with Gasteiger partial charge < -0.3 is 14.8 Å². The zero-order valence-corrected chi connectivity index (χ0v) is 16.8. The average Bonchev–Trinajstić information content (AvgIpc) is 2.86. The molecular weight excluding hydrogens is 380 g/mol. The average molecular weight is 401 g/mol. The normalized spacial score (nSPS) is 14.1. The topological polar surface area (TPSA) is 67.9 Å². The molecule has 7 heteroatoms. The van der Waals surface area contributed by atoms with E-state index in [9.17, 15) is 9.59 Å². The second-order valence-electron chi connectivity index (χ2n) is 6.58. The Balaban J connectivity index is 1.99. The van der Waals surface area contributed by atoms with Gasteiger partial charge in [0.25, 0.3) is 11.8 Å². The lowest BCUT2D eigenvalue weighted by molar-refractivity contribution is -0.135. The third-order valence-corrected chi connectivity index (χ3v) is 4.52. The first-order valence-corrected chi connectivity index (χ1v) is 9.14. The number of imide groups is 1. The summed E-state index contributed by atoms with van der Waals surface area (Å²) in [4.78, 5) is 26.4. The Morgan fingerprint density at radius 3 is 2.29 bits per heavy atom. The van der Waals surface area contributed by atoms with Crippen molar-refractivity contribution in [3.63, 3.8) is 0 Å². The summed E-state index contributed by atoms with van der Waals surface area (Å²) >= 11 is 6.16. The first-order valence-electron chi connectivity index (χ1n) is 8.76. The van der Waals surface area contributed by atoms with E-state index >= 15 is 0 Å². The number of halogens is 1. The predicted octanol–water partition coefficient (Wildman–Crippen LogP) is 3.96. The van der Waals surface area contributed by atoms with Crippen LogP contribution in [0.5, 0.6) is 11.5 Å². The summed E-state index contributed by atoms with van der Waals surface area (Å²) in [6.07, 6.45) is 0.0444. The maximum Gasteiger partial charge on any atom is 0.277 e. The van der Waals surface area contributed by atoms with Gasteiger partial charge in [0.05, 0.1) is 23.8 Å². The lowest BCUT2D eigenvalue weighted by Gasteiger charge is -2.12. The molecule has 0 bridgehead atoms. The number of ether oxygens (including phenoxy) is 2. The number of methoxy groups -OCH3 is 1. The van der Waals surface area contributed by atoms with Gasteiger partial charge in [-0.1, -0.05) is 23.7 Å². The van der Waals surface area contributed by atoms with E-state index in [1.165, 1.54) is 14.2 Å². The van der Waals surface area contributed by atoms with E-state index in [0.717, 1.165) is 4.90 Å². The molecule has 6 nitrogen and oxygen atoms in total. The highest BCUT2D eigenvalue weighted by Gasteiger charge is 2.36. The maximum absolute atomic E-state index is 12.7. The van der Waals surface area contributed by atoms with Crippen LogP contribution < -0.4 is 14.8 Å². The molecule has 0 aromatic heterocycles. The van der Waals surface area contributed by atoms with Crippen LogP contribution in [0.25, 0.3) is 5.57 Å². The van der Waals surface area contributed by atoms with Crippen molar-refractivity contribution in [3.8, 4) is 11.5 Å². The molecule has 146 valence electrons. The largest absolute Gasteiger partial charge is 0.495 e. The summed E-state index contributed by atoms with van der Waals surface area (Å²) in [5.74, 6) is 0.438. The summed E-state index contributed by atoms with van der Waals surface area (Å²) in [7, 11) is 2.98. The molecule has 1 N–H and O–H groups in total. The number of carbonyl (C=O) groups excluding carboxylic acids is 2. The van der Waals surface area contributed by atoms with Crippen LogP contribution in [0.4, 0.5) is 5.69 Å². The summed E-state index contributed by atoms with van der Waals surface area (Å²) in [6.45, 7) is 3.87. The number of nitrogens with one attached hydrogen (secondary N) is 1. The van der Waals surface area contributed by atoms with Crippen molar-refractivity contribution >= 4 is 34.7 Å². The molecule has 2 amide bonds. The monoisotopic (exact) mass is 400 g/mol. The van der Waals surface area contributed by atoms with Gasteiger partial charge in [-0.05, 0) is 49.7 Å². The van der Waals surface area contributed by atoms with Crippen molar-refractivity contribution in [1.29, 1.82) is 0 Å². The zero-order valence-electron chi connectivity index (χ0n) is 16.1. The first-order chi connectivity index (χ1) is 13.3. The van der Waals surface area contributed by atoms with Gasteiger partial charge in [0.15, 0.2) is 0 Å². The van der Waals surface area contributed by atoms with Crippen LogP contribution in [0.2, 0.25) is 5.02 Å². The molecule has 1 aliphatic heterocycles. The van der Waals surface area contributed by atoms with E-state index in [1.807, 2.05) is 13.8 Å². The van der Waals surface area contributed by atoms with Crippen molar-refractivity contribution < 1.29 is 19.1 Å². The van der Waals surface area contributed by atoms with E-state index in [-0.39, 0.29) is 17.7 Å². The number of hydrogen-bond acceptors (Lipinski definition) is 5. The van der Waals surface area contributed by atoms with Crippen LogP contribution >= 0.6 is 11.6 Å². The van der Waals surface area contributed by atoms with Crippen LogP contribution in [0, 0.1) is 0 Å². The van der Waals surface area contributed by atoms with Crippen molar-refractivity contribution in [2.24, 2.45) is 0 Å².